The second kappa shape index (κ2) is 6.41. The molecule has 1 fully saturated rings. The molecular weight excluding hydrogens is 247 g/mol. The van der Waals surface area contributed by atoms with E-state index < -0.39 is 12.1 Å². The molecule has 0 spiro atoms. The Morgan fingerprint density at radius 1 is 1.39 bits per heavy atom. The number of halogens is 3. The molecule has 106 valence electrons. The fourth-order valence-corrected chi connectivity index (χ4v) is 2.19. The van der Waals surface area contributed by atoms with Crippen molar-refractivity contribution >= 4 is 5.97 Å². The minimum atomic E-state index is -4.08. The van der Waals surface area contributed by atoms with Crippen molar-refractivity contribution in [3.05, 3.63) is 0 Å². The van der Waals surface area contributed by atoms with Gasteiger partial charge in [-0.3, -0.25) is 4.79 Å². The van der Waals surface area contributed by atoms with Crippen LogP contribution in [0.4, 0.5) is 13.2 Å². The van der Waals surface area contributed by atoms with Crippen molar-refractivity contribution in [1.29, 1.82) is 0 Å². The van der Waals surface area contributed by atoms with Crippen LogP contribution in [0.1, 0.15) is 26.7 Å². The molecule has 18 heavy (non-hydrogen) atoms. The zero-order chi connectivity index (χ0) is 13.8. The third-order valence-electron chi connectivity index (χ3n) is 3.27. The number of nitrogens with zero attached hydrogens (tertiary/aromatic N) is 1. The second-order valence-corrected chi connectivity index (χ2v) is 4.77. The molecule has 0 aromatic carbocycles. The summed E-state index contributed by atoms with van der Waals surface area (Å²) < 4.78 is 42.3. The average molecular weight is 267 g/mol. The fraction of sp³-hybridized carbons (Fsp3) is 0.917. The van der Waals surface area contributed by atoms with Crippen molar-refractivity contribution in [1.82, 2.24) is 4.90 Å². The number of carbonyl (C=O) groups is 1. The highest BCUT2D eigenvalue weighted by molar-refractivity contribution is 5.72. The van der Waals surface area contributed by atoms with Crippen LogP contribution in [0.3, 0.4) is 0 Å². The zero-order valence-corrected chi connectivity index (χ0v) is 10.8. The molecule has 0 radical (unpaired) electrons. The van der Waals surface area contributed by atoms with Crippen molar-refractivity contribution in [2.75, 3.05) is 26.2 Å². The quantitative estimate of drug-likeness (QED) is 0.733. The maximum Gasteiger partial charge on any atom is 0.391 e. The van der Waals surface area contributed by atoms with Gasteiger partial charge < -0.3 is 9.64 Å². The third-order valence-corrected chi connectivity index (χ3v) is 3.27. The van der Waals surface area contributed by atoms with Gasteiger partial charge in [0.05, 0.1) is 18.4 Å². The Morgan fingerprint density at radius 2 is 1.94 bits per heavy atom. The van der Waals surface area contributed by atoms with Crippen LogP contribution >= 0.6 is 0 Å². The van der Waals surface area contributed by atoms with E-state index in [2.05, 4.69) is 0 Å². The summed E-state index contributed by atoms with van der Waals surface area (Å²) in [4.78, 5) is 13.3. The Labute approximate surface area is 105 Å². The molecule has 0 bridgehead atoms. The highest BCUT2D eigenvalue weighted by Crippen LogP contribution is 2.34. The Kier molecular flexibility index (Phi) is 5.44. The van der Waals surface area contributed by atoms with Crippen LogP contribution in [0.2, 0.25) is 0 Å². The van der Waals surface area contributed by atoms with Crippen molar-refractivity contribution in [3.8, 4) is 0 Å². The van der Waals surface area contributed by atoms with Gasteiger partial charge in [-0.25, -0.2) is 0 Å². The molecule has 1 saturated heterocycles. The number of hydrogen-bond donors (Lipinski definition) is 0. The number of ether oxygens (including phenoxy) is 1. The van der Waals surface area contributed by atoms with E-state index in [-0.39, 0.29) is 24.7 Å². The summed E-state index contributed by atoms with van der Waals surface area (Å²) in [5.41, 5.74) is 0. The van der Waals surface area contributed by atoms with Crippen molar-refractivity contribution in [2.24, 2.45) is 11.8 Å². The highest BCUT2D eigenvalue weighted by Gasteiger charge is 2.41. The van der Waals surface area contributed by atoms with Gasteiger partial charge in [0.2, 0.25) is 0 Å². The van der Waals surface area contributed by atoms with Gasteiger partial charge in [0.1, 0.15) is 0 Å². The van der Waals surface area contributed by atoms with Gasteiger partial charge in [-0.1, -0.05) is 6.92 Å². The lowest BCUT2D eigenvalue weighted by Gasteiger charge is -2.33. The van der Waals surface area contributed by atoms with E-state index in [1.807, 2.05) is 4.90 Å². The topological polar surface area (TPSA) is 29.5 Å². The van der Waals surface area contributed by atoms with Gasteiger partial charge in [0.25, 0.3) is 0 Å². The van der Waals surface area contributed by atoms with Crippen LogP contribution in [-0.4, -0.2) is 43.3 Å². The van der Waals surface area contributed by atoms with Crippen molar-refractivity contribution < 1.29 is 22.7 Å². The lowest BCUT2D eigenvalue weighted by molar-refractivity contribution is -0.185. The second-order valence-electron chi connectivity index (χ2n) is 4.77. The lowest BCUT2D eigenvalue weighted by Crippen LogP contribution is -2.42. The summed E-state index contributed by atoms with van der Waals surface area (Å²) in [6.45, 7) is 5.08. The van der Waals surface area contributed by atoms with Gasteiger partial charge in [-0.15, -0.1) is 0 Å². The van der Waals surface area contributed by atoms with Gasteiger partial charge in [-0.2, -0.15) is 13.2 Å². The SMILES string of the molecule is CCOC(=O)C(C)CN1CCC(C(F)(F)F)CC1. The average Bonchev–Trinajstić information content (AvgIpc) is 2.28. The van der Waals surface area contributed by atoms with Gasteiger partial charge >= 0.3 is 12.1 Å². The molecule has 0 aromatic heterocycles. The maximum atomic E-state index is 12.5. The lowest BCUT2D eigenvalue weighted by atomic mass is 9.95. The van der Waals surface area contributed by atoms with Crippen LogP contribution in [0.15, 0.2) is 0 Å². The smallest absolute Gasteiger partial charge is 0.391 e. The summed E-state index contributed by atoms with van der Waals surface area (Å²) in [5.74, 6) is -1.76. The van der Waals surface area contributed by atoms with Crippen molar-refractivity contribution in [3.63, 3.8) is 0 Å². The van der Waals surface area contributed by atoms with E-state index in [1.54, 1.807) is 13.8 Å². The number of rotatable bonds is 4. The molecule has 1 unspecified atom stereocenters. The van der Waals surface area contributed by atoms with E-state index in [9.17, 15) is 18.0 Å². The highest BCUT2D eigenvalue weighted by atomic mass is 19.4. The molecule has 1 atom stereocenters. The summed E-state index contributed by atoms with van der Waals surface area (Å²) in [7, 11) is 0. The molecule has 1 rings (SSSR count). The van der Waals surface area contributed by atoms with E-state index in [0.29, 0.717) is 26.2 Å². The van der Waals surface area contributed by atoms with Gasteiger partial charge in [-0.05, 0) is 32.9 Å². The number of alkyl halides is 3. The molecule has 0 saturated carbocycles. The van der Waals surface area contributed by atoms with Crippen LogP contribution < -0.4 is 0 Å². The Hall–Kier alpha value is -0.780. The first kappa shape index (κ1) is 15.3. The molecule has 0 amide bonds. The fourth-order valence-electron chi connectivity index (χ4n) is 2.19. The standard InChI is InChI=1S/C12H20F3NO2/c1-3-18-11(17)9(2)8-16-6-4-10(5-7-16)12(13,14)15/h9-10H,3-8H2,1-2H3. The Balaban J connectivity index is 2.33. The molecule has 6 heteroatoms. The normalized spacial score (nSPS) is 20.7. The molecule has 1 heterocycles. The number of piperidine rings is 1. The van der Waals surface area contributed by atoms with Crippen LogP contribution in [0, 0.1) is 11.8 Å². The van der Waals surface area contributed by atoms with E-state index in [0.717, 1.165) is 0 Å². The first-order valence-electron chi connectivity index (χ1n) is 6.30. The monoisotopic (exact) mass is 267 g/mol. The molecular formula is C12H20F3NO2. The predicted octanol–water partition coefficient (Wildman–Crippen LogP) is 2.46. The summed E-state index contributed by atoms with van der Waals surface area (Å²) in [6, 6.07) is 0. The molecule has 0 aliphatic carbocycles. The third kappa shape index (κ3) is 4.48. The number of hydrogen-bond acceptors (Lipinski definition) is 3. The first-order chi connectivity index (χ1) is 8.34. The van der Waals surface area contributed by atoms with E-state index in [4.69, 9.17) is 4.74 Å². The Bertz CT molecular complexity index is 273. The number of esters is 1. The van der Waals surface area contributed by atoms with E-state index in [1.165, 1.54) is 0 Å². The summed E-state index contributed by atoms with van der Waals surface area (Å²) in [6.07, 6.45) is -3.84. The molecule has 3 nitrogen and oxygen atoms in total. The molecule has 1 aliphatic rings. The minimum absolute atomic E-state index is 0.124. The summed E-state index contributed by atoms with van der Waals surface area (Å²) in [5, 5.41) is 0. The molecule has 0 aromatic rings. The van der Waals surface area contributed by atoms with Crippen LogP contribution in [-0.2, 0) is 9.53 Å². The van der Waals surface area contributed by atoms with E-state index >= 15 is 0 Å². The summed E-state index contributed by atoms with van der Waals surface area (Å²) >= 11 is 0. The minimum Gasteiger partial charge on any atom is -0.466 e. The van der Waals surface area contributed by atoms with Gasteiger partial charge in [0, 0.05) is 6.54 Å². The van der Waals surface area contributed by atoms with Crippen LogP contribution in [0.5, 0.6) is 0 Å². The molecule has 1 aliphatic heterocycles. The van der Waals surface area contributed by atoms with Crippen molar-refractivity contribution in [2.45, 2.75) is 32.9 Å². The largest absolute Gasteiger partial charge is 0.466 e. The Morgan fingerprint density at radius 3 is 2.39 bits per heavy atom. The number of likely N-dealkylation sites (tertiary alicyclic amines) is 1. The maximum absolute atomic E-state index is 12.5. The predicted molar refractivity (Wildman–Crippen MR) is 61.0 cm³/mol. The van der Waals surface area contributed by atoms with Crippen LogP contribution in [0.25, 0.3) is 0 Å². The first-order valence-corrected chi connectivity index (χ1v) is 6.30. The van der Waals surface area contributed by atoms with Gasteiger partial charge in [0.15, 0.2) is 0 Å². The molecule has 0 N–H and O–H groups in total. The zero-order valence-electron chi connectivity index (χ0n) is 10.8. The number of carbonyl (C=O) groups excluding carboxylic acids is 1.